The van der Waals surface area contributed by atoms with Gasteiger partial charge in [-0.3, -0.25) is 0 Å². The maximum absolute atomic E-state index is 13.7. The molecule has 0 atom stereocenters. The lowest BCUT2D eigenvalue weighted by Gasteiger charge is -2.01. The summed E-state index contributed by atoms with van der Waals surface area (Å²) in [7, 11) is 0. The van der Waals surface area contributed by atoms with Gasteiger partial charge in [0.2, 0.25) is 0 Å². The fourth-order valence-corrected chi connectivity index (χ4v) is 2.86. The molecule has 0 unspecified atom stereocenters. The molecule has 2 aromatic rings. The number of nitrogens with one attached hydrogen (secondary N) is 1. The summed E-state index contributed by atoms with van der Waals surface area (Å²) in [6, 6.07) is 8.63. The summed E-state index contributed by atoms with van der Waals surface area (Å²) in [6.45, 7) is 3.97. The Morgan fingerprint density at radius 1 is 1.28 bits per heavy atom. The molecule has 0 aliphatic carbocycles. The normalized spacial score (nSPS) is 10.8. The number of hydrogen-bond donors (Lipinski definition) is 1. The quantitative estimate of drug-likeness (QED) is 0.784. The topological polar surface area (TPSA) is 12.0 Å². The number of hydrogen-bond acceptors (Lipinski definition) is 2. The second kappa shape index (κ2) is 6.32. The van der Waals surface area contributed by atoms with Crippen LogP contribution in [0.25, 0.3) is 10.4 Å². The first-order valence-electron chi connectivity index (χ1n) is 5.95. The van der Waals surface area contributed by atoms with E-state index in [4.69, 9.17) is 11.6 Å². The fraction of sp³-hybridized carbons (Fsp3) is 0.286. The highest BCUT2D eigenvalue weighted by Crippen LogP contribution is 2.31. The van der Waals surface area contributed by atoms with Crippen molar-refractivity contribution in [2.45, 2.75) is 19.9 Å². The Bertz CT molecular complexity index is 524. The first-order chi connectivity index (χ1) is 8.70. The summed E-state index contributed by atoms with van der Waals surface area (Å²) < 4.78 is 13.7. The minimum absolute atomic E-state index is 0.227. The van der Waals surface area contributed by atoms with Crippen molar-refractivity contribution in [2.75, 3.05) is 6.54 Å². The van der Waals surface area contributed by atoms with Crippen LogP contribution < -0.4 is 5.32 Å². The average Bonchev–Trinajstić information content (AvgIpc) is 2.81. The van der Waals surface area contributed by atoms with E-state index in [-0.39, 0.29) is 5.82 Å². The zero-order chi connectivity index (χ0) is 13.0. The van der Waals surface area contributed by atoms with Gasteiger partial charge in [-0.15, -0.1) is 11.3 Å². The lowest BCUT2D eigenvalue weighted by molar-refractivity contribution is 0.632. The van der Waals surface area contributed by atoms with Crippen LogP contribution in [0.15, 0.2) is 30.3 Å². The zero-order valence-electron chi connectivity index (χ0n) is 10.2. The highest BCUT2D eigenvalue weighted by molar-refractivity contribution is 7.15. The fourth-order valence-electron chi connectivity index (χ4n) is 1.69. The van der Waals surface area contributed by atoms with E-state index in [1.807, 2.05) is 12.1 Å². The van der Waals surface area contributed by atoms with Crippen LogP contribution in [-0.2, 0) is 6.54 Å². The summed E-state index contributed by atoms with van der Waals surface area (Å²) in [6.07, 6.45) is 1.11. The molecule has 1 aromatic heterocycles. The second-order valence-corrected chi connectivity index (χ2v) is 5.67. The van der Waals surface area contributed by atoms with Gasteiger partial charge in [0, 0.05) is 26.9 Å². The Hall–Kier alpha value is -0.900. The standard InChI is InChI=1S/C14H15ClFNS/c1-2-7-17-9-11-4-6-14(18-11)12-8-10(15)3-5-13(12)16/h3-6,8,17H,2,7,9H2,1H3. The Morgan fingerprint density at radius 2 is 2.11 bits per heavy atom. The van der Waals surface area contributed by atoms with E-state index in [2.05, 4.69) is 12.2 Å². The van der Waals surface area contributed by atoms with Gasteiger partial charge in [-0.25, -0.2) is 4.39 Å². The average molecular weight is 284 g/mol. The second-order valence-electron chi connectivity index (χ2n) is 4.07. The summed E-state index contributed by atoms with van der Waals surface area (Å²) >= 11 is 7.50. The van der Waals surface area contributed by atoms with Gasteiger partial charge >= 0.3 is 0 Å². The molecule has 0 bridgehead atoms. The van der Waals surface area contributed by atoms with Gasteiger partial charge in [0.15, 0.2) is 0 Å². The third-order valence-corrected chi connectivity index (χ3v) is 3.94. The van der Waals surface area contributed by atoms with Crippen LogP contribution in [0.4, 0.5) is 4.39 Å². The Kier molecular flexibility index (Phi) is 4.75. The van der Waals surface area contributed by atoms with Crippen molar-refractivity contribution in [1.29, 1.82) is 0 Å². The van der Waals surface area contributed by atoms with Crippen LogP contribution in [0.2, 0.25) is 5.02 Å². The van der Waals surface area contributed by atoms with Crippen molar-refractivity contribution in [3.63, 3.8) is 0 Å². The number of halogens is 2. The van der Waals surface area contributed by atoms with E-state index in [1.54, 1.807) is 23.5 Å². The van der Waals surface area contributed by atoms with Gasteiger partial charge in [-0.2, -0.15) is 0 Å². The molecule has 4 heteroatoms. The van der Waals surface area contributed by atoms with Gasteiger partial charge in [-0.1, -0.05) is 18.5 Å². The molecule has 1 aromatic carbocycles. The van der Waals surface area contributed by atoms with Gasteiger partial charge in [0.1, 0.15) is 5.82 Å². The molecule has 0 saturated carbocycles. The molecule has 0 spiro atoms. The van der Waals surface area contributed by atoms with Gasteiger partial charge in [-0.05, 0) is 43.3 Å². The van der Waals surface area contributed by atoms with Crippen LogP contribution in [0, 0.1) is 5.82 Å². The molecule has 0 aliphatic heterocycles. The first-order valence-corrected chi connectivity index (χ1v) is 7.15. The summed E-state index contributed by atoms with van der Waals surface area (Å²) in [5.74, 6) is -0.227. The molecule has 0 radical (unpaired) electrons. The predicted molar refractivity (Wildman–Crippen MR) is 76.7 cm³/mol. The summed E-state index contributed by atoms with van der Waals surface area (Å²) in [4.78, 5) is 2.13. The molecule has 0 saturated heterocycles. The largest absolute Gasteiger partial charge is 0.312 e. The number of rotatable bonds is 5. The molecule has 2 rings (SSSR count). The van der Waals surface area contributed by atoms with Crippen LogP contribution in [0.3, 0.4) is 0 Å². The highest BCUT2D eigenvalue weighted by atomic mass is 35.5. The summed E-state index contributed by atoms with van der Waals surface area (Å²) in [5, 5.41) is 3.89. The van der Waals surface area contributed by atoms with E-state index in [1.165, 1.54) is 10.9 Å². The molecule has 1 N–H and O–H groups in total. The highest BCUT2D eigenvalue weighted by Gasteiger charge is 2.08. The smallest absolute Gasteiger partial charge is 0.131 e. The molecular weight excluding hydrogens is 269 g/mol. The zero-order valence-corrected chi connectivity index (χ0v) is 11.7. The minimum Gasteiger partial charge on any atom is -0.312 e. The van der Waals surface area contributed by atoms with Crippen LogP contribution >= 0.6 is 22.9 Å². The van der Waals surface area contributed by atoms with Crippen molar-refractivity contribution in [1.82, 2.24) is 5.32 Å². The Labute approximate surface area is 116 Å². The molecule has 1 heterocycles. The van der Waals surface area contributed by atoms with Gasteiger partial charge in [0.25, 0.3) is 0 Å². The minimum atomic E-state index is -0.227. The molecule has 0 aliphatic rings. The van der Waals surface area contributed by atoms with Gasteiger partial charge < -0.3 is 5.32 Å². The van der Waals surface area contributed by atoms with E-state index in [9.17, 15) is 4.39 Å². The lowest BCUT2D eigenvalue weighted by atomic mass is 10.2. The molecule has 18 heavy (non-hydrogen) atoms. The predicted octanol–water partition coefficient (Wildman–Crippen LogP) is 4.71. The van der Waals surface area contributed by atoms with Crippen LogP contribution in [-0.4, -0.2) is 6.54 Å². The van der Waals surface area contributed by atoms with Crippen molar-refractivity contribution in [3.8, 4) is 10.4 Å². The van der Waals surface area contributed by atoms with Crippen LogP contribution in [0.5, 0.6) is 0 Å². The van der Waals surface area contributed by atoms with Crippen molar-refractivity contribution < 1.29 is 4.39 Å². The van der Waals surface area contributed by atoms with Crippen molar-refractivity contribution in [2.24, 2.45) is 0 Å². The molecule has 96 valence electrons. The lowest BCUT2D eigenvalue weighted by Crippen LogP contribution is -2.12. The molecule has 1 nitrogen and oxygen atoms in total. The maximum Gasteiger partial charge on any atom is 0.131 e. The number of benzene rings is 1. The monoisotopic (exact) mass is 283 g/mol. The SMILES string of the molecule is CCCNCc1ccc(-c2cc(Cl)ccc2F)s1. The van der Waals surface area contributed by atoms with Crippen molar-refractivity contribution >= 4 is 22.9 Å². The van der Waals surface area contributed by atoms with Crippen LogP contribution in [0.1, 0.15) is 18.2 Å². The Morgan fingerprint density at radius 3 is 2.89 bits per heavy atom. The third kappa shape index (κ3) is 3.31. The van der Waals surface area contributed by atoms with E-state index < -0.39 is 0 Å². The summed E-state index contributed by atoms with van der Waals surface area (Å²) in [5.41, 5.74) is 0.578. The third-order valence-electron chi connectivity index (χ3n) is 2.58. The number of thiophene rings is 1. The van der Waals surface area contributed by atoms with Crippen molar-refractivity contribution in [3.05, 3.63) is 46.0 Å². The molecule has 0 fully saturated rings. The van der Waals surface area contributed by atoms with Gasteiger partial charge in [0.05, 0.1) is 0 Å². The first kappa shape index (κ1) is 13.5. The van der Waals surface area contributed by atoms with E-state index in [0.717, 1.165) is 24.4 Å². The van der Waals surface area contributed by atoms with E-state index >= 15 is 0 Å². The molecule has 0 amide bonds. The Balaban J connectivity index is 2.16. The van der Waals surface area contributed by atoms with E-state index in [0.29, 0.717) is 10.6 Å². The molecular formula is C14H15ClFNS. The maximum atomic E-state index is 13.7.